The molecule has 96 valence electrons. The maximum Gasteiger partial charge on any atom is 0.199 e. The minimum atomic E-state index is -0.310. The third kappa shape index (κ3) is 2.35. The lowest BCUT2D eigenvalue weighted by Gasteiger charge is -2.04. The number of halogens is 1. The minimum Gasteiger partial charge on any atom is -0.440 e. The highest BCUT2D eigenvalue weighted by molar-refractivity contribution is 5.72. The number of fused-ring (bicyclic) bond motifs is 1. The van der Waals surface area contributed by atoms with Gasteiger partial charge in [-0.15, -0.1) is 0 Å². The lowest BCUT2D eigenvalue weighted by atomic mass is 10.0. The predicted molar refractivity (Wildman–Crippen MR) is 71.1 cm³/mol. The van der Waals surface area contributed by atoms with Crippen molar-refractivity contribution < 1.29 is 8.81 Å². The summed E-state index contributed by atoms with van der Waals surface area (Å²) >= 11 is 0. The zero-order chi connectivity index (χ0) is 13.2. The summed E-state index contributed by atoms with van der Waals surface area (Å²) in [6.45, 7) is 0.477. The second-order valence-corrected chi connectivity index (χ2v) is 4.37. The van der Waals surface area contributed by atoms with Gasteiger partial charge < -0.3 is 10.2 Å². The van der Waals surface area contributed by atoms with Crippen LogP contribution in [0.2, 0.25) is 0 Å². The Kier molecular flexibility index (Phi) is 3.01. The number of oxazole rings is 1. The first-order chi connectivity index (χ1) is 9.26. The molecule has 2 N–H and O–H groups in total. The molecule has 0 saturated heterocycles. The predicted octanol–water partition coefficient (Wildman–Crippen LogP) is 3.02. The molecule has 4 heteroatoms. The lowest BCUT2D eigenvalue weighted by molar-refractivity contribution is 0.543. The van der Waals surface area contributed by atoms with Gasteiger partial charge in [0, 0.05) is 19.0 Å². The van der Waals surface area contributed by atoms with Crippen LogP contribution >= 0.6 is 0 Å². The summed E-state index contributed by atoms with van der Waals surface area (Å²) < 4.78 is 18.7. The van der Waals surface area contributed by atoms with Gasteiger partial charge >= 0.3 is 0 Å². The summed E-state index contributed by atoms with van der Waals surface area (Å²) in [6.07, 6.45) is 0.559. The summed E-state index contributed by atoms with van der Waals surface area (Å²) in [6, 6.07) is 12.2. The second-order valence-electron chi connectivity index (χ2n) is 4.37. The third-order valence-electron chi connectivity index (χ3n) is 3.07. The number of nitrogens with two attached hydrogens (primary N) is 1. The van der Waals surface area contributed by atoms with Crippen molar-refractivity contribution >= 4 is 11.1 Å². The Labute approximate surface area is 109 Å². The van der Waals surface area contributed by atoms with Crippen molar-refractivity contribution in [3.8, 4) is 0 Å². The zero-order valence-electron chi connectivity index (χ0n) is 10.3. The number of nitrogens with zero attached hydrogens (tertiary/aromatic N) is 1. The number of hydrogen-bond donors (Lipinski definition) is 1. The summed E-state index contributed by atoms with van der Waals surface area (Å²) in [4.78, 5) is 4.30. The first-order valence-electron chi connectivity index (χ1n) is 6.08. The molecule has 0 fully saturated rings. The molecule has 2 aromatic carbocycles. The summed E-state index contributed by atoms with van der Waals surface area (Å²) in [5.74, 6) is 0.260. The van der Waals surface area contributed by atoms with Gasteiger partial charge in [0.05, 0.1) is 0 Å². The highest BCUT2D eigenvalue weighted by atomic mass is 19.1. The topological polar surface area (TPSA) is 52.0 Å². The molecular formula is C15H13FN2O. The first kappa shape index (κ1) is 11.9. The van der Waals surface area contributed by atoms with Crippen LogP contribution in [0.25, 0.3) is 11.1 Å². The molecule has 0 atom stereocenters. The van der Waals surface area contributed by atoms with E-state index in [2.05, 4.69) is 4.98 Å². The Morgan fingerprint density at radius 1 is 1.11 bits per heavy atom. The van der Waals surface area contributed by atoms with E-state index in [-0.39, 0.29) is 5.82 Å². The van der Waals surface area contributed by atoms with E-state index in [1.807, 2.05) is 24.3 Å². The SMILES string of the molecule is NCc1ccccc1Cc1nc2cc(F)ccc2o1. The monoisotopic (exact) mass is 256 g/mol. The van der Waals surface area contributed by atoms with Crippen molar-refractivity contribution in [2.24, 2.45) is 5.73 Å². The molecule has 0 saturated carbocycles. The molecular weight excluding hydrogens is 243 g/mol. The summed E-state index contributed by atoms with van der Waals surface area (Å²) in [7, 11) is 0. The molecule has 0 spiro atoms. The van der Waals surface area contributed by atoms with E-state index in [4.69, 9.17) is 10.2 Å². The van der Waals surface area contributed by atoms with Gasteiger partial charge in [0.1, 0.15) is 11.3 Å². The molecule has 3 aromatic rings. The van der Waals surface area contributed by atoms with Gasteiger partial charge in [0.2, 0.25) is 0 Å². The molecule has 0 bridgehead atoms. The maximum atomic E-state index is 13.1. The van der Waals surface area contributed by atoms with E-state index in [0.29, 0.717) is 30.0 Å². The number of aromatic nitrogens is 1. The molecule has 3 nitrogen and oxygen atoms in total. The lowest BCUT2D eigenvalue weighted by Crippen LogP contribution is -2.01. The summed E-state index contributed by atoms with van der Waals surface area (Å²) in [5.41, 5.74) is 8.99. The van der Waals surface area contributed by atoms with Crippen molar-refractivity contribution in [2.45, 2.75) is 13.0 Å². The van der Waals surface area contributed by atoms with Crippen LogP contribution < -0.4 is 5.73 Å². The Morgan fingerprint density at radius 2 is 1.89 bits per heavy atom. The van der Waals surface area contributed by atoms with Crippen molar-refractivity contribution in [1.29, 1.82) is 0 Å². The van der Waals surface area contributed by atoms with Crippen molar-refractivity contribution in [2.75, 3.05) is 0 Å². The van der Waals surface area contributed by atoms with Crippen molar-refractivity contribution in [1.82, 2.24) is 4.98 Å². The Morgan fingerprint density at radius 3 is 2.68 bits per heavy atom. The molecule has 0 aliphatic carbocycles. The van der Waals surface area contributed by atoms with Crippen LogP contribution in [0.1, 0.15) is 17.0 Å². The normalized spacial score (nSPS) is 11.1. The largest absolute Gasteiger partial charge is 0.440 e. The van der Waals surface area contributed by atoms with E-state index < -0.39 is 0 Å². The Bertz CT molecular complexity index is 721. The van der Waals surface area contributed by atoms with Crippen molar-refractivity contribution in [3.05, 3.63) is 65.3 Å². The van der Waals surface area contributed by atoms with Crippen LogP contribution in [0, 0.1) is 5.82 Å². The van der Waals surface area contributed by atoms with Gasteiger partial charge in [-0.25, -0.2) is 9.37 Å². The van der Waals surface area contributed by atoms with Gasteiger partial charge in [0.25, 0.3) is 0 Å². The molecule has 0 radical (unpaired) electrons. The van der Waals surface area contributed by atoms with E-state index in [0.717, 1.165) is 11.1 Å². The van der Waals surface area contributed by atoms with E-state index in [1.54, 1.807) is 6.07 Å². The van der Waals surface area contributed by atoms with Crippen molar-refractivity contribution in [3.63, 3.8) is 0 Å². The molecule has 19 heavy (non-hydrogen) atoms. The van der Waals surface area contributed by atoms with Crippen LogP contribution in [-0.2, 0) is 13.0 Å². The fourth-order valence-electron chi connectivity index (χ4n) is 2.12. The first-order valence-corrected chi connectivity index (χ1v) is 6.08. The smallest absolute Gasteiger partial charge is 0.199 e. The van der Waals surface area contributed by atoms with Crippen LogP contribution in [0.5, 0.6) is 0 Å². The summed E-state index contributed by atoms with van der Waals surface area (Å²) in [5, 5.41) is 0. The van der Waals surface area contributed by atoms with E-state index >= 15 is 0 Å². The number of rotatable bonds is 3. The molecule has 0 amide bonds. The quantitative estimate of drug-likeness (QED) is 0.783. The molecule has 0 aliphatic heterocycles. The minimum absolute atomic E-state index is 0.310. The van der Waals surface area contributed by atoms with Gasteiger partial charge in [-0.05, 0) is 23.3 Å². The van der Waals surface area contributed by atoms with Gasteiger partial charge in [-0.1, -0.05) is 24.3 Å². The third-order valence-corrected chi connectivity index (χ3v) is 3.07. The molecule has 1 heterocycles. The average Bonchev–Trinajstić information content (AvgIpc) is 2.80. The van der Waals surface area contributed by atoms with Gasteiger partial charge in [0.15, 0.2) is 11.5 Å². The second kappa shape index (κ2) is 4.82. The Hall–Kier alpha value is -2.20. The van der Waals surface area contributed by atoms with Crippen LogP contribution in [-0.4, -0.2) is 4.98 Å². The molecule has 3 rings (SSSR count). The van der Waals surface area contributed by atoms with Gasteiger partial charge in [-0.2, -0.15) is 0 Å². The number of benzene rings is 2. The molecule has 0 unspecified atom stereocenters. The molecule has 1 aromatic heterocycles. The fraction of sp³-hybridized carbons (Fsp3) is 0.133. The fourth-order valence-corrected chi connectivity index (χ4v) is 2.12. The van der Waals surface area contributed by atoms with E-state index in [9.17, 15) is 4.39 Å². The Balaban J connectivity index is 1.96. The number of hydrogen-bond acceptors (Lipinski definition) is 3. The standard InChI is InChI=1S/C15H13FN2O/c16-12-5-6-14-13(8-12)18-15(19-14)7-10-3-1-2-4-11(10)9-17/h1-6,8H,7,9,17H2. The zero-order valence-corrected chi connectivity index (χ0v) is 10.3. The maximum absolute atomic E-state index is 13.1. The van der Waals surface area contributed by atoms with Gasteiger partial charge in [-0.3, -0.25) is 0 Å². The highest BCUT2D eigenvalue weighted by Crippen LogP contribution is 2.20. The van der Waals surface area contributed by atoms with Crippen LogP contribution in [0.15, 0.2) is 46.9 Å². The average molecular weight is 256 g/mol. The molecule has 0 aliphatic rings. The van der Waals surface area contributed by atoms with E-state index in [1.165, 1.54) is 12.1 Å². The van der Waals surface area contributed by atoms with Crippen LogP contribution in [0.4, 0.5) is 4.39 Å². The highest BCUT2D eigenvalue weighted by Gasteiger charge is 2.09. The van der Waals surface area contributed by atoms with Crippen LogP contribution in [0.3, 0.4) is 0 Å².